The standard InChI is InChI=1S/C12H13F3N2O3/c13-12(14,15)10-6-8(17(18)19)3-4-11(10)20-9-2-1-5-16-7-9/h3-4,6,9,16H,1-2,5,7H2/t9-/m0/s1. The topological polar surface area (TPSA) is 64.4 Å². The second-order valence-electron chi connectivity index (χ2n) is 4.52. The van der Waals surface area contributed by atoms with Gasteiger partial charge in [0.1, 0.15) is 17.4 Å². The van der Waals surface area contributed by atoms with Crippen LogP contribution in [-0.2, 0) is 6.18 Å². The van der Waals surface area contributed by atoms with Crippen molar-refractivity contribution in [3.63, 3.8) is 0 Å². The summed E-state index contributed by atoms with van der Waals surface area (Å²) < 4.78 is 44.1. The van der Waals surface area contributed by atoms with Gasteiger partial charge >= 0.3 is 6.18 Å². The molecule has 0 radical (unpaired) electrons. The molecule has 1 aromatic carbocycles. The summed E-state index contributed by atoms with van der Waals surface area (Å²) in [4.78, 5) is 9.71. The first-order valence-corrected chi connectivity index (χ1v) is 6.11. The lowest BCUT2D eigenvalue weighted by atomic mass is 10.1. The Balaban J connectivity index is 2.28. The molecule has 1 aliphatic heterocycles. The number of nitro groups is 1. The van der Waals surface area contributed by atoms with Crippen LogP contribution < -0.4 is 10.1 Å². The van der Waals surface area contributed by atoms with E-state index in [0.29, 0.717) is 19.0 Å². The van der Waals surface area contributed by atoms with Gasteiger partial charge in [-0.2, -0.15) is 13.2 Å². The number of non-ortho nitro benzene ring substituents is 1. The number of nitrogens with zero attached hydrogens (tertiary/aromatic N) is 1. The van der Waals surface area contributed by atoms with Gasteiger partial charge in [0, 0.05) is 18.7 Å². The Morgan fingerprint density at radius 1 is 1.40 bits per heavy atom. The number of nitro benzene ring substituents is 1. The molecule has 0 saturated carbocycles. The van der Waals surface area contributed by atoms with E-state index in [4.69, 9.17) is 4.74 Å². The second-order valence-corrected chi connectivity index (χ2v) is 4.52. The minimum absolute atomic E-state index is 0.355. The van der Waals surface area contributed by atoms with Crippen LogP contribution in [-0.4, -0.2) is 24.1 Å². The first-order valence-electron chi connectivity index (χ1n) is 6.11. The van der Waals surface area contributed by atoms with Gasteiger partial charge in [-0.3, -0.25) is 10.1 Å². The highest BCUT2D eigenvalue weighted by Gasteiger charge is 2.36. The molecule has 1 aromatic rings. The molecule has 0 bridgehead atoms. The van der Waals surface area contributed by atoms with Crippen LogP contribution in [0.2, 0.25) is 0 Å². The molecule has 0 amide bonds. The molecule has 2 rings (SSSR count). The van der Waals surface area contributed by atoms with Gasteiger partial charge in [0.15, 0.2) is 0 Å². The lowest BCUT2D eigenvalue weighted by Gasteiger charge is -2.25. The molecule has 20 heavy (non-hydrogen) atoms. The summed E-state index contributed by atoms with van der Waals surface area (Å²) in [5, 5.41) is 13.6. The molecule has 8 heteroatoms. The van der Waals surface area contributed by atoms with Gasteiger partial charge < -0.3 is 10.1 Å². The Kier molecular flexibility index (Phi) is 4.12. The zero-order valence-corrected chi connectivity index (χ0v) is 10.4. The van der Waals surface area contributed by atoms with Crippen LogP contribution in [0.4, 0.5) is 18.9 Å². The minimum Gasteiger partial charge on any atom is -0.488 e. The third-order valence-electron chi connectivity index (χ3n) is 3.02. The van der Waals surface area contributed by atoms with Gasteiger partial charge in [0.2, 0.25) is 0 Å². The maximum Gasteiger partial charge on any atom is 0.420 e. The van der Waals surface area contributed by atoms with E-state index >= 15 is 0 Å². The minimum atomic E-state index is -4.69. The number of hydrogen-bond acceptors (Lipinski definition) is 4. The van der Waals surface area contributed by atoms with Gasteiger partial charge in [0.05, 0.1) is 4.92 Å². The van der Waals surface area contributed by atoms with E-state index in [2.05, 4.69) is 5.32 Å². The van der Waals surface area contributed by atoms with Crippen molar-refractivity contribution in [1.82, 2.24) is 5.32 Å². The molecule has 0 aromatic heterocycles. The number of ether oxygens (including phenoxy) is 1. The van der Waals surface area contributed by atoms with Gasteiger partial charge in [-0.15, -0.1) is 0 Å². The normalized spacial score (nSPS) is 19.6. The van der Waals surface area contributed by atoms with Crippen molar-refractivity contribution < 1.29 is 22.8 Å². The highest BCUT2D eigenvalue weighted by atomic mass is 19.4. The average Bonchev–Trinajstić information content (AvgIpc) is 2.39. The molecule has 1 fully saturated rings. The van der Waals surface area contributed by atoms with E-state index in [1.165, 1.54) is 0 Å². The predicted octanol–water partition coefficient (Wildman–Crippen LogP) is 2.74. The van der Waals surface area contributed by atoms with Crippen LogP contribution >= 0.6 is 0 Å². The monoisotopic (exact) mass is 290 g/mol. The third-order valence-corrected chi connectivity index (χ3v) is 3.02. The van der Waals surface area contributed by atoms with Crippen LogP contribution in [0.15, 0.2) is 18.2 Å². The van der Waals surface area contributed by atoms with E-state index in [0.717, 1.165) is 25.1 Å². The Hall–Kier alpha value is -1.83. The molecular formula is C12H13F3N2O3. The second kappa shape index (κ2) is 5.66. The summed E-state index contributed by atoms with van der Waals surface area (Å²) in [6.07, 6.45) is -3.57. The summed E-state index contributed by atoms with van der Waals surface area (Å²) in [6, 6.07) is 2.53. The number of hydrogen-bond donors (Lipinski definition) is 1. The molecule has 0 unspecified atom stereocenters. The van der Waals surface area contributed by atoms with Gasteiger partial charge in [-0.25, -0.2) is 0 Å². The molecule has 0 spiro atoms. The molecule has 5 nitrogen and oxygen atoms in total. The fourth-order valence-corrected chi connectivity index (χ4v) is 2.06. The van der Waals surface area contributed by atoms with Crippen molar-refractivity contribution >= 4 is 5.69 Å². The summed E-state index contributed by atoms with van der Waals surface area (Å²) in [5.41, 5.74) is -1.72. The average molecular weight is 290 g/mol. The number of halogens is 3. The lowest BCUT2D eigenvalue weighted by molar-refractivity contribution is -0.385. The van der Waals surface area contributed by atoms with Crippen molar-refractivity contribution in [1.29, 1.82) is 0 Å². The Bertz CT molecular complexity index is 499. The SMILES string of the molecule is O=[N+]([O-])c1ccc(O[C@H]2CCCNC2)c(C(F)(F)F)c1. The van der Waals surface area contributed by atoms with Crippen molar-refractivity contribution in [2.75, 3.05) is 13.1 Å². The van der Waals surface area contributed by atoms with Crippen LogP contribution in [0.1, 0.15) is 18.4 Å². The zero-order chi connectivity index (χ0) is 14.8. The molecule has 110 valence electrons. The fourth-order valence-electron chi connectivity index (χ4n) is 2.06. The van der Waals surface area contributed by atoms with Gasteiger partial charge in [-0.05, 0) is 25.5 Å². The number of alkyl halides is 3. The smallest absolute Gasteiger partial charge is 0.420 e. The van der Waals surface area contributed by atoms with E-state index < -0.39 is 22.4 Å². The fraction of sp³-hybridized carbons (Fsp3) is 0.500. The van der Waals surface area contributed by atoms with Crippen LogP contribution in [0.3, 0.4) is 0 Å². The molecule has 1 saturated heterocycles. The van der Waals surface area contributed by atoms with Crippen molar-refractivity contribution in [2.45, 2.75) is 25.1 Å². The first kappa shape index (κ1) is 14.6. The summed E-state index contributed by atoms with van der Waals surface area (Å²) in [5.74, 6) is -0.364. The van der Waals surface area contributed by atoms with Crippen molar-refractivity contribution in [3.8, 4) is 5.75 Å². The molecule has 1 aliphatic rings. The molecular weight excluding hydrogens is 277 g/mol. The number of piperidine rings is 1. The van der Waals surface area contributed by atoms with Gasteiger partial charge in [0.25, 0.3) is 5.69 Å². The Labute approximate surface area is 112 Å². The molecule has 1 N–H and O–H groups in total. The number of rotatable bonds is 3. The van der Waals surface area contributed by atoms with Gasteiger partial charge in [-0.1, -0.05) is 0 Å². The summed E-state index contributed by atoms with van der Waals surface area (Å²) >= 11 is 0. The van der Waals surface area contributed by atoms with E-state index in [9.17, 15) is 23.3 Å². The lowest BCUT2D eigenvalue weighted by Crippen LogP contribution is -2.37. The van der Waals surface area contributed by atoms with Crippen LogP contribution in [0, 0.1) is 10.1 Å². The predicted molar refractivity (Wildman–Crippen MR) is 64.6 cm³/mol. The largest absolute Gasteiger partial charge is 0.488 e. The molecule has 0 aliphatic carbocycles. The van der Waals surface area contributed by atoms with E-state index in [1.54, 1.807) is 0 Å². The zero-order valence-electron chi connectivity index (χ0n) is 10.4. The number of nitrogens with one attached hydrogen (secondary N) is 1. The highest BCUT2D eigenvalue weighted by molar-refractivity contribution is 5.45. The van der Waals surface area contributed by atoms with Crippen molar-refractivity contribution in [3.05, 3.63) is 33.9 Å². The molecule has 1 atom stereocenters. The van der Waals surface area contributed by atoms with Crippen LogP contribution in [0.25, 0.3) is 0 Å². The highest BCUT2D eigenvalue weighted by Crippen LogP contribution is 2.39. The third kappa shape index (κ3) is 3.38. The Morgan fingerprint density at radius 3 is 2.70 bits per heavy atom. The quantitative estimate of drug-likeness (QED) is 0.686. The maximum absolute atomic E-state index is 12.9. The molecule has 1 heterocycles. The van der Waals surface area contributed by atoms with E-state index in [1.807, 2.05) is 0 Å². The first-order chi connectivity index (χ1) is 9.38. The maximum atomic E-state index is 12.9. The van der Waals surface area contributed by atoms with Crippen LogP contribution in [0.5, 0.6) is 5.75 Å². The summed E-state index contributed by atoms with van der Waals surface area (Å²) in [6.45, 7) is 1.28. The van der Waals surface area contributed by atoms with E-state index in [-0.39, 0.29) is 11.9 Å². The van der Waals surface area contributed by atoms with Crippen molar-refractivity contribution in [2.24, 2.45) is 0 Å². The number of benzene rings is 1. The summed E-state index contributed by atoms with van der Waals surface area (Å²) in [7, 11) is 0. The Morgan fingerprint density at radius 2 is 2.15 bits per heavy atom.